The van der Waals surface area contributed by atoms with Crippen molar-refractivity contribution < 1.29 is 46.7 Å². The number of phosphoric ester groups is 1. The Labute approximate surface area is 258 Å². The summed E-state index contributed by atoms with van der Waals surface area (Å²) in [5, 5.41) is 19.2. The maximum Gasteiger partial charge on any atom is 0.472 e. The van der Waals surface area contributed by atoms with Gasteiger partial charge in [0.15, 0.2) is 40.9 Å². The molecule has 0 amide bonds. The Morgan fingerprint density at radius 3 is 2.84 bits per heavy atom. The zero-order valence-electron chi connectivity index (χ0n) is 22.2. The van der Waals surface area contributed by atoms with Crippen molar-refractivity contribution in [3.63, 3.8) is 0 Å². The van der Waals surface area contributed by atoms with Crippen LogP contribution in [0.25, 0.3) is 11.2 Å². The van der Waals surface area contributed by atoms with Gasteiger partial charge in [0.1, 0.15) is 24.6 Å². The number of nitrogens with two attached hydrogens (primary N) is 2. The van der Waals surface area contributed by atoms with Crippen LogP contribution in [0, 0.1) is 0 Å². The van der Waals surface area contributed by atoms with E-state index >= 15 is 4.39 Å². The summed E-state index contributed by atoms with van der Waals surface area (Å²) in [6.07, 6.45) is -7.71. The van der Waals surface area contributed by atoms with Gasteiger partial charge in [-0.15, -0.1) is 22.4 Å². The normalized spacial score (nSPS) is 38.6. The number of halogens is 1. The second-order valence-electron chi connectivity index (χ2n) is 10.0. The third kappa shape index (κ3) is 5.26. The molecule has 3 fully saturated rings. The molecular weight excluding hydrogens is 689 g/mol. The number of nitrogens with one attached hydrogen (secondary N) is 3. The molecule has 244 valence electrons. The standard InChI is InChI=1S/C18H23FN12O10P2S2/c19-7-10-5(39-16(7)30-13-8(26-28-30)12(20)22-4-23-13)1-38-43(36,44)41-18(3-45-6(11(18)32)2-37-42(34,35)40-10)31-14-9(27-29-31)15(33)25-17(21)24-14/h4-7,10-11,16,27,29,32H,1-3H2,(H,34,35)(H,36,44)(H2,20,22,23)(H3,21,24,25,33)/t5-,6-,7+,10-,11-,16-,18+,43?/m1/s1. The number of hydrogen-bond donors (Lipinski definition) is 8. The maximum atomic E-state index is 16.0. The fourth-order valence-electron chi connectivity index (χ4n) is 5.19. The van der Waals surface area contributed by atoms with E-state index in [1.54, 1.807) is 0 Å². The van der Waals surface area contributed by atoms with Crippen LogP contribution < -0.4 is 33.0 Å². The zero-order valence-corrected chi connectivity index (χ0v) is 25.7. The number of aliphatic hydroxyl groups is 1. The van der Waals surface area contributed by atoms with E-state index in [0.29, 0.717) is 0 Å². The van der Waals surface area contributed by atoms with Crippen LogP contribution in [-0.4, -0.2) is 104 Å². The minimum Gasteiger partial charge on any atom is -0.387 e. The van der Waals surface area contributed by atoms with Crippen LogP contribution in [0.5, 0.6) is 0 Å². The summed E-state index contributed by atoms with van der Waals surface area (Å²) < 4.78 is 57.6. The molecule has 22 nitrogen and oxygen atoms in total. The first kappa shape index (κ1) is 31.0. The van der Waals surface area contributed by atoms with E-state index in [9.17, 15) is 24.3 Å². The molecule has 0 aliphatic carbocycles. The van der Waals surface area contributed by atoms with Crippen molar-refractivity contribution >= 4 is 72.5 Å². The third-order valence-corrected chi connectivity index (χ3v) is 11.2. The molecule has 45 heavy (non-hydrogen) atoms. The van der Waals surface area contributed by atoms with Gasteiger partial charge >= 0.3 is 14.5 Å². The number of rotatable bonds is 2. The van der Waals surface area contributed by atoms with Crippen LogP contribution >= 0.6 is 26.3 Å². The largest absolute Gasteiger partial charge is 0.472 e. The molecule has 3 saturated heterocycles. The van der Waals surface area contributed by atoms with Crippen LogP contribution in [-0.2, 0) is 39.2 Å². The molecule has 9 atom stereocenters. The number of thioether (sulfide) groups is 1. The molecule has 2 bridgehead atoms. The Kier molecular flexibility index (Phi) is 7.55. The van der Waals surface area contributed by atoms with E-state index in [4.69, 9.17) is 46.1 Å². The highest BCUT2D eigenvalue weighted by molar-refractivity contribution is 8.07. The van der Waals surface area contributed by atoms with Gasteiger partial charge in [-0.2, -0.15) is 9.67 Å². The predicted octanol–water partition coefficient (Wildman–Crippen LogP) is -2.01. The smallest absolute Gasteiger partial charge is 0.387 e. The number of hydrogen-bond acceptors (Lipinski definition) is 20. The van der Waals surface area contributed by atoms with Gasteiger partial charge in [0, 0.05) is 5.75 Å². The van der Waals surface area contributed by atoms with Gasteiger partial charge in [-0.25, -0.2) is 23.9 Å². The fourth-order valence-corrected chi connectivity index (χ4v) is 9.33. The van der Waals surface area contributed by atoms with Crippen molar-refractivity contribution in [1.29, 1.82) is 0 Å². The molecule has 10 N–H and O–H groups in total. The monoisotopic (exact) mass is 712 g/mol. The number of alkyl halides is 1. The Morgan fingerprint density at radius 1 is 1.24 bits per heavy atom. The highest BCUT2D eigenvalue weighted by Crippen LogP contribution is 2.57. The molecule has 0 spiro atoms. The summed E-state index contributed by atoms with van der Waals surface area (Å²) in [4.78, 5) is 48.5. The third-order valence-electron chi connectivity index (χ3n) is 7.25. The SMILES string of the molecule is Nc1nc2c(c(=O)[nH]1)NNN2[C@@]12CS[C@H](COP(=O)(O)O[C@H]3[C@H](F)[C@H](n4nnc5c(N)ncnc54)O[C@@H]3COP(O)(=S)O1)[C@H]2O. The number of aromatic nitrogens is 7. The van der Waals surface area contributed by atoms with E-state index in [-0.39, 0.29) is 40.2 Å². The van der Waals surface area contributed by atoms with E-state index in [1.807, 2.05) is 0 Å². The predicted molar refractivity (Wildman–Crippen MR) is 154 cm³/mol. The van der Waals surface area contributed by atoms with Crippen LogP contribution in [0.15, 0.2) is 11.1 Å². The molecule has 0 aromatic carbocycles. The van der Waals surface area contributed by atoms with Crippen molar-refractivity contribution in [2.45, 2.75) is 41.7 Å². The van der Waals surface area contributed by atoms with Crippen LogP contribution in [0.3, 0.4) is 0 Å². The van der Waals surface area contributed by atoms with Crippen LogP contribution in [0.2, 0.25) is 0 Å². The fraction of sp³-hybridized carbons (Fsp3) is 0.556. The Hall–Kier alpha value is -2.64. The molecule has 0 saturated carbocycles. The lowest BCUT2D eigenvalue weighted by molar-refractivity contribution is -0.0640. The van der Waals surface area contributed by atoms with Crippen LogP contribution in [0.1, 0.15) is 6.23 Å². The van der Waals surface area contributed by atoms with Crippen molar-refractivity contribution in [1.82, 2.24) is 40.5 Å². The molecule has 3 aromatic heterocycles. The molecule has 0 radical (unpaired) electrons. The van der Waals surface area contributed by atoms with Gasteiger partial charge in [0.2, 0.25) is 11.7 Å². The topological polar surface area (TPSA) is 305 Å². The summed E-state index contributed by atoms with van der Waals surface area (Å²) in [6.45, 7) is -5.78. The summed E-state index contributed by atoms with van der Waals surface area (Å²) in [7, 11) is -5.05. The first-order chi connectivity index (χ1) is 21.3. The molecule has 7 heterocycles. The number of nitrogens with zero attached hydrogens (tertiary/aromatic N) is 7. The average Bonchev–Trinajstić information content (AvgIpc) is 3.73. The van der Waals surface area contributed by atoms with Crippen LogP contribution in [0.4, 0.5) is 27.7 Å². The lowest BCUT2D eigenvalue weighted by Crippen LogP contribution is -2.63. The number of H-pyrrole nitrogens is 1. The lowest BCUT2D eigenvalue weighted by Gasteiger charge is -2.41. The summed E-state index contributed by atoms with van der Waals surface area (Å²) >= 11 is 6.28. The summed E-state index contributed by atoms with van der Waals surface area (Å²) in [5.74, 6) is -0.614. The molecule has 7 rings (SSSR count). The van der Waals surface area contributed by atoms with Gasteiger partial charge in [-0.3, -0.25) is 28.8 Å². The van der Waals surface area contributed by atoms with Gasteiger partial charge < -0.3 is 35.6 Å². The molecule has 2 unspecified atom stereocenters. The number of aliphatic hydroxyl groups excluding tert-OH is 1. The van der Waals surface area contributed by atoms with Gasteiger partial charge in [-0.05, 0) is 11.8 Å². The minimum atomic E-state index is -5.05. The number of nitrogen functional groups attached to an aromatic ring is 2. The highest BCUT2D eigenvalue weighted by atomic mass is 32.5. The first-order valence-corrected chi connectivity index (χ1v) is 17.9. The minimum absolute atomic E-state index is 0.00599. The number of phosphoric acid groups is 1. The quantitative estimate of drug-likeness (QED) is 0.133. The summed E-state index contributed by atoms with van der Waals surface area (Å²) in [6, 6.07) is 0. The number of hydrazine groups is 2. The molecule has 4 aliphatic rings. The Balaban J connectivity index is 1.23. The number of anilines is 4. The number of fused-ring (bicyclic) bond motifs is 5. The maximum absolute atomic E-state index is 16.0. The van der Waals surface area contributed by atoms with E-state index in [1.165, 1.54) is 0 Å². The molecular formula is C18H23FN12O10P2S2. The van der Waals surface area contributed by atoms with Crippen molar-refractivity contribution in [3.8, 4) is 0 Å². The molecule has 4 aliphatic heterocycles. The molecule has 27 heteroatoms. The second-order valence-corrected chi connectivity index (χ2v) is 15.4. The van der Waals surface area contributed by atoms with Gasteiger partial charge in [0.25, 0.3) is 5.56 Å². The van der Waals surface area contributed by atoms with Gasteiger partial charge in [-0.1, -0.05) is 5.21 Å². The number of aromatic amines is 1. The lowest BCUT2D eigenvalue weighted by atomic mass is 10.1. The van der Waals surface area contributed by atoms with E-state index in [2.05, 4.69) is 41.2 Å². The zero-order chi connectivity index (χ0) is 31.9. The summed E-state index contributed by atoms with van der Waals surface area (Å²) in [5.41, 5.74) is 14.0. The Morgan fingerprint density at radius 2 is 2.04 bits per heavy atom. The van der Waals surface area contributed by atoms with Gasteiger partial charge in [0.05, 0.1) is 18.5 Å². The van der Waals surface area contributed by atoms with E-state index < -0.39 is 75.0 Å². The van der Waals surface area contributed by atoms with Crippen molar-refractivity contribution in [3.05, 3.63) is 16.7 Å². The second kappa shape index (κ2) is 11.0. The first-order valence-electron chi connectivity index (χ1n) is 12.7. The highest BCUT2D eigenvalue weighted by Gasteiger charge is 2.60. The number of ether oxygens (including phenoxy) is 1. The molecule has 3 aromatic rings. The van der Waals surface area contributed by atoms with E-state index in [0.717, 1.165) is 27.8 Å². The average molecular weight is 713 g/mol. The van der Waals surface area contributed by atoms with Crippen molar-refractivity contribution in [2.75, 3.05) is 40.9 Å². The Bertz CT molecular complexity index is 1820. The van der Waals surface area contributed by atoms with Crippen molar-refractivity contribution in [2.24, 2.45) is 0 Å².